The van der Waals surface area contributed by atoms with E-state index in [1.165, 1.54) is 0 Å². The van der Waals surface area contributed by atoms with Gasteiger partial charge in [0.1, 0.15) is 18.0 Å². The number of benzene rings is 1. The zero-order chi connectivity index (χ0) is 23.9. The Labute approximate surface area is 197 Å². The van der Waals surface area contributed by atoms with Gasteiger partial charge in [-0.2, -0.15) is 10.4 Å². The zero-order valence-electron chi connectivity index (χ0n) is 19.3. The molecule has 3 aromatic heterocycles. The second-order valence-electron chi connectivity index (χ2n) is 8.94. The molecule has 1 unspecified atom stereocenters. The van der Waals surface area contributed by atoms with Crippen molar-refractivity contribution in [3.8, 4) is 11.9 Å². The molecule has 9 heteroatoms. The molecule has 9 nitrogen and oxygen atoms in total. The highest BCUT2D eigenvalue weighted by Gasteiger charge is 2.35. The summed E-state index contributed by atoms with van der Waals surface area (Å²) in [6, 6.07) is 15.7. The first-order valence-corrected chi connectivity index (χ1v) is 11.1. The number of fused-ring (bicyclic) bond motifs is 1. The van der Waals surface area contributed by atoms with Crippen LogP contribution in [-0.2, 0) is 0 Å². The average molecular weight is 453 g/mol. The van der Waals surface area contributed by atoms with Gasteiger partial charge in [-0.05, 0) is 69.7 Å². The molecule has 1 atom stereocenters. The number of nitriles is 1. The number of pyridine rings is 1. The number of anilines is 3. The Balaban J connectivity index is 1.49. The molecule has 4 heterocycles. The van der Waals surface area contributed by atoms with Crippen molar-refractivity contribution in [2.45, 2.75) is 27.2 Å². The Morgan fingerprint density at radius 2 is 2.03 bits per heavy atom. The molecule has 1 fully saturated rings. The van der Waals surface area contributed by atoms with E-state index in [1.807, 2.05) is 59.7 Å². The maximum Gasteiger partial charge on any atom is 0.163 e. The minimum absolute atomic E-state index is 0.0509. The van der Waals surface area contributed by atoms with Gasteiger partial charge in [0.2, 0.25) is 0 Å². The topological polar surface area (TPSA) is 113 Å². The minimum atomic E-state index is -0.446. The molecule has 170 valence electrons. The van der Waals surface area contributed by atoms with Crippen LogP contribution in [0.3, 0.4) is 0 Å². The summed E-state index contributed by atoms with van der Waals surface area (Å²) in [4.78, 5) is 23.7. The maximum atomic E-state index is 12.3. The summed E-state index contributed by atoms with van der Waals surface area (Å²) in [6.07, 6.45) is 2.46. The van der Waals surface area contributed by atoms with Crippen molar-refractivity contribution in [2.24, 2.45) is 5.41 Å². The number of nitrogens with one attached hydrogen (secondary N) is 1. The summed E-state index contributed by atoms with van der Waals surface area (Å²) in [5.74, 6) is 1.88. The molecule has 1 aromatic carbocycles. The smallest absolute Gasteiger partial charge is 0.163 e. The summed E-state index contributed by atoms with van der Waals surface area (Å²) in [7, 11) is 0. The summed E-state index contributed by atoms with van der Waals surface area (Å²) in [5.41, 5.74) is 3.50. The lowest BCUT2D eigenvalue weighted by Crippen LogP contribution is -2.26. The molecule has 5 rings (SSSR count). The lowest BCUT2D eigenvalue weighted by atomic mass is 9.92. The number of rotatable bonds is 5. The third-order valence-corrected chi connectivity index (χ3v) is 6.15. The molecule has 0 radical (unpaired) electrons. The van der Waals surface area contributed by atoms with Crippen molar-refractivity contribution < 1.29 is 4.79 Å². The molecule has 1 aliphatic heterocycles. The SMILES string of the molecule is CC(=O)c1ccc(-n2cnc3cc(Nc4ccc(C)nn4)ccc32)nc1N1CCC(C)(C#N)C1. The molecule has 0 saturated carbocycles. The molecule has 1 N–H and O–H groups in total. The van der Waals surface area contributed by atoms with E-state index < -0.39 is 5.41 Å². The molecular formula is C25H24N8O. The van der Waals surface area contributed by atoms with Crippen LogP contribution in [-0.4, -0.2) is 43.6 Å². The van der Waals surface area contributed by atoms with Gasteiger partial charge < -0.3 is 10.2 Å². The lowest BCUT2D eigenvalue weighted by Gasteiger charge is -2.22. The van der Waals surface area contributed by atoms with E-state index >= 15 is 0 Å². The van der Waals surface area contributed by atoms with Crippen LogP contribution in [0.2, 0.25) is 0 Å². The Bertz CT molecular complexity index is 1440. The van der Waals surface area contributed by atoms with Crippen LogP contribution in [0, 0.1) is 23.7 Å². The Hall–Kier alpha value is -4.32. The molecule has 34 heavy (non-hydrogen) atoms. The number of nitrogens with zero attached hydrogens (tertiary/aromatic N) is 7. The minimum Gasteiger partial charge on any atom is -0.354 e. The van der Waals surface area contributed by atoms with Crippen molar-refractivity contribution in [3.63, 3.8) is 0 Å². The molecule has 0 spiro atoms. The Morgan fingerprint density at radius 1 is 1.18 bits per heavy atom. The number of aryl methyl sites for hydroxylation is 1. The lowest BCUT2D eigenvalue weighted by molar-refractivity contribution is 0.101. The van der Waals surface area contributed by atoms with E-state index in [0.29, 0.717) is 36.1 Å². The van der Waals surface area contributed by atoms with Crippen LogP contribution < -0.4 is 10.2 Å². The fourth-order valence-corrected chi connectivity index (χ4v) is 4.21. The van der Waals surface area contributed by atoms with Crippen LogP contribution >= 0.6 is 0 Å². The van der Waals surface area contributed by atoms with Gasteiger partial charge in [0.05, 0.1) is 33.8 Å². The largest absolute Gasteiger partial charge is 0.354 e. The number of carbonyl (C=O) groups is 1. The third-order valence-electron chi connectivity index (χ3n) is 6.15. The van der Waals surface area contributed by atoms with Crippen LogP contribution in [0.5, 0.6) is 0 Å². The normalized spacial score (nSPS) is 17.6. The second-order valence-corrected chi connectivity index (χ2v) is 8.94. The molecule has 0 amide bonds. The van der Waals surface area contributed by atoms with Gasteiger partial charge >= 0.3 is 0 Å². The fourth-order valence-electron chi connectivity index (χ4n) is 4.21. The zero-order valence-corrected chi connectivity index (χ0v) is 19.3. The Kier molecular flexibility index (Phi) is 5.21. The van der Waals surface area contributed by atoms with E-state index in [0.717, 1.165) is 28.8 Å². The first kappa shape index (κ1) is 21.5. The van der Waals surface area contributed by atoms with Crippen LogP contribution in [0.15, 0.2) is 48.8 Å². The molecule has 4 aromatic rings. The van der Waals surface area contributed by atoms with Gasteiger partial charge in [-0.15, -0.1) is 5.10 Å². The van der Waals surface area contributed by atoms with E-state index in [1.54, 1.807) is 19.3 Å². The van der Waals surface area contributed by atoms with Crippen LogP contribution in [0.1, 0.15) is 36.3 Å². The number of aromatic nitrogens is 5. The number of hydrogen-bond acceptors (Lipinski definition) is 8. The molecule has 0 aliphatic carbocycles. The fraction of sp³-hybridized carbons (Fsp3) is 0.280. The highest BCUT2D eigenvalue weighted by atomic mass is 16.1. The van der Waals surface area contributed by atoms with Gasteiger partial charge in [0.15, 0.2) is 11.6 Å². The first-order chi connectivity index (χ1) is 16.3. The van der Waals surface area contributed by atoms with Gasteiger partial charge in [0, 0.05) is 18.8 Å². The first-order valence-electron chi connectivity index (χ1n) is 11.1. The number of hydrogen-bond donors (Lipinski definition) is 1. The highest BCUT2D eigenvalue weighted by molar-refractivity contribution is 5.99. The van der Waals surface area contributed by atoms with Gasteiger partial charge in [0.25, 0.3) is 0 Å². The number of Topliss-reactive ketones (excluding diaryl/α,β-unsaturated/α-hetero) is 1. The van der Waals surface area contributed by atoms with Gasteiger partial charge in [-0.1, -0.05) is 0 Å². The van der Waals surface area contributed by atoms with Crippen molar-refractivity contribution in [2.75, 3.05) is 23.3 Å². The van der Waals surface area contributed by atoms with E-state index in [-0.39, 0.29) is 5.78 Å². The standard InChI is InChI=1S/C25H24N8O/c1-16-4-8-22(31-30-16)28-18-5-7-21-20(12-18)27-15-33(21)23-9-6-19(17(2)34)24(29-23)32-11-10-25(3,13-26)14-32/h4-9,12,15H,10-11,14H2,1-3H3,(H,28,31). The monoisotopic (exact) mass is 452 g/mol. The van der Waals surface area contributed by atoms with Crippen LogP contribution in [0.25, 0.3) is 16.9 Å². The third kappa shape index (κ3) is 3.94. The maximum absolute atomic E-state index is 12.3. The van der Waals surface area contributed by atoms with Crippen molar-refractivity contribution in [3.05, 3.63) is 60.0 Å². The van der Waals surface area contributed by atoms with Crippen molar-refractivity contribution >= 4 is 34.1 Å². The predicted octanol–water partition coefficient (Wildman–Crippen LogP) is 4.21. The summed E-state index contributed by atoms with van der Waals surface area (Å²) in [5, 5.41) is 21.0. The van der Waals surface area contributed by atoms with E-state index in [4.69, 9.17) is 4.98 Å². The summed E-state index contributed by atoms with van der Waals surface area (Å²) in [6.45, 7) is 6.61. The number of imidazole rings is 1. The number of ketones is 1. The molecule has 1 aliphatic rings. The highest BCUT2D eigenvalue weighted by Crippen LogP contribution is 2.34. The van der Waals surface area contributed by atoms with Crippen molar-refractivity contribution in [1.82, 2.24) is 24.7 Å². The van der Waals surface area contributed by atoms with Gasteiger partial charge in [-0.25, -0.2) is 9.97 Å². The molecular weight excluding hydrogens is 428 g/mol. The van der Waals surface area contributed by atoms with E-state index in [9.17, 15) is 10.1 Å². The summed E-state index contributed by atoms with van der Waals surface area (Å²) >= 11 is 0. The van der Waals surface area contributed by atoms with E-state index in [2.05, 4.69) is 26.6 Å². The van der Waals surface area contributed by atoms with Crippen LogP contribution in [0.4, 0.5) is 17.3 Å². The Morgan fingerprint density at radius 3 is 2.74 bits per heavy atom. The quantitative estimate of drug-likeness (QED) is 0.448. The van der Waals surface area contributed by atoms with Gasteiger partial charge in [-0.3, -0.25) is 9.36 Å². The predicted molar refractivity (Wildman–Crippen MR) is 129 cm³/mol. The average Bonchev–Trinajstić information content (AvgIpc) is 3.44. The number of carbonyl (C=O) groups excluding carboxylic acids is 1. The molecule has 0 bridgehead atoms. The second kappa shape index (κ2) is 8.23. The van der Waals surface area contributed by atoms with Crippen molar-refractivity contribution in [1.29, 1.82) is 5.26 Å². The molecule has 1 saturated heterocycles. The summed E-state index contributed by atoms with van der Waals surface area (Å²) < 4.78 is 1.90.